The van der Waals surface area contributed by atoms with E-state index >= 15 is 0 Å². The Bertz CT molecular complexity index is 123. The molecule has 0 saturated heterocycles. The summed E-state index contributed by atoms with van der Waals surface area (Å²) in [5.74, 6) is -0.258. The summed E-state index contributed by atoms with van der Waals surface area (Å²) < 4.78 is 0. The van der Waals surface area contributed by atoms with Crippen LogP contribution in [0.25, 0.3) is 0 Å². The van der Waals surface area contributed by atoms with Crippen LogP contribution in [-0.2, 0) is 4.79 Å². The molecule has 1 aliphatic rings. The second-order valence-corrected chi connectivity index (χ2v) is 1.16. The Balaban J connectivity index is 2.66. The van der Waals surface area contributed by atoms with Gasteiger partial charge in [0.1, 0.15) is 0 Å². The predicted molar refractivity (Wildman–Crippen MR) is 23.9 cm³/mol. The molecule has 1 heterocycles. The Morgan fingerprint density at radius 1 is 1.71 bits per heavy atom. The van der Waals surface area contributed by atoms with Crippen LogP contribution in [-0.4, -0.2) is 12.5 Å². The van der Waals surface area contributed by atoms with Crippen LogP contribution in [0.2, 0.25) is 0 Å². The third-order valence-electron chi connectivity index (χ3n) is 0.617. The van der Waals surface area contributed by atoms with E-state index in [1.54, 1.807) is 6.08 Å². The van der Waals surface area contributed by atoms with Crippen LogP contribution in [0.1, 0.15) is 0 Å². The van der Waals surface area contributed by atoms with E-state index in [1.165, 1.54) is 6.08 Å². The number of azo groups is 1. The van der Waals surface area contributed by atoms with Crippen molar-refractivity contribution >= 4 is 5.91 Å². The van der Waals surface area contributed by atoms with E-state index in [0.29, 0.717) is 6.54 Å². The molecular formula is C4H4N2O. The number of amides is 1. The summed E-state index contributed by atoms with van der Waals surface area (Å²) >= 11 is 0. The summed E-state index contributed by atoms with van der Waals surface area (Å²) in [6.45, 7) is 0.547. The monoisotopic (exact) mass is 96.0 g/mol. The molecule has 0 unspecified atom stereocenters. The molecule has 0 aromatic rings. The molecule has 0 aliphatic carbocycles. The highest BCUT2D eigenvalue weighted by molar-refractivity contribution is 5.88. The average Bonchev–Trinajstić information content (AvgIpc) is 1.69. The number of hydrogen-bond donors (Lipinski definition) is 0. The molecule has 3 heteroatoms. The standard InChI is InChI=1S/C4H4N2O/c7-4-2-1-3-5-6-4/h1-2H,3H2. The molecule has 0 spiro atoms. The average molecular weight is 96.1 g/mol. The minimum atomic E-state index is -0.258. The third kappa shape index (κ3) is 0.924. The van der Waals surface area contributed by atoms with Gasteiger partial charge in [0.25, 0.3) is 5.91 Å². The summed E-state index contributed by atoms with van der Waals surface area (Å²) in [6, 6.07) is 0. The van der Waals surface area contributed by atoms with E-state index in [0.717, 1.165) is 0 Å². The van der Waals surface area contributed by atoms with Gasteiger partial charge < -0.3 is 0 Å². The smallest absolute Gasteiger partial charge is 0.266 e. The Labute approximate surface area is 40.7 Å². The number of rotatable bonds is 0. The molecule has 1 aliphatic heterocycles. The molecule has 1 amide bonds. The lowest BCUT2D eigenvalue weighted by Crippen LogP contribution is -1.90. The quantitative estimate of drug-likeness (QED) is 0.433. The lowest BCUT2D eigenvalue weighted by atomic mass is 10.4. The van der Waals surface area contributed by atoms with Crippen LogP contribution in [0.5, 0.6) is 0 Å². The predicted octanol–water partition coefficient (Wildman–Crippen LogP) is 0.535. The van der Waals surface area contributed by atoms with E-state index in [1.807, 2.05) is 0 Å². The fourth-order valence-electron chi connectivity index (χ4n) is 0.345. The molecular weight excluding hydrogens is 92.1 g/mol. The summed E-state index contributed by atoms with van der Waals surface area (Å²) in [7, 11) is 0. The highest BCUT2D eigenvalue weighted by Gasteiger charge is 1.92. The van der Waals surface area contributed by atoms with Gasteiger partial charge in [-0.3, -0.25) is 4.79 Å². The van der Waals surface area contributed by atoms with Gasteiger partial charge in [-0.15, -0.1) is 5.11 Å². The molecule has 0 radical (unpaired) electrons. The topological polar surface area (TPSA) is 41.8 Å². The Hall–Kier alpha value is -0.990. The molecule has 0 aromatic carbocycles. The lowest BCUT2D eigenvalue weighted by Gasteiger charge is -1.86. The van der Waals surface area contributed by atoms with Crippen LogP contribution in [0, 0.1) is 0 Å². The zero-order valence-electron chi connectivity index (χ0n) is 3.66. The molecule has 3 nitrogen and oxygen atoms in total. The molecule has 0 atom stereocenters. The van der Waals surface area contributed by atoms with Crippen molar-refractivity contribution in [2.75, 3.05) is 6.54 Å². The minimum Gasteiger partial charge on any atom is -0.266 e. The maximum atomic E-state index is 10.1. The number of hydrogen-bond acceptors (Lipinski definition) is 2. The van der Waals surface area contributed by atoms with Crippen LogP contribution in [0.15, 0.2) is 22.4 Å². The second kappa shape index (κ2) is 1.64. The number of carbonyl (C=O) groups is 1. The van der Waals surface area contributed by atoms with Crippen molar-refractivity contribution in [3.05, 3.63) is 12.2 Å². The first-order valence-corrected chi connectivity index (χ1v) is 1.97. The Morgan fingerprint density at radius 2 is 2.57 bits per heavy atom. The van der Waals surface area contributed by atoms with E-state index in [-0.39, 0.29) is 5.91 Å². The third-order valence-corrected chi connectivity index (χ3v) is 0.617. The van der Waals surface area contributed by atoms with Gasteiger partial charge in [0.15, 0.2) is 0 Å². The minimum absolute atomic E-state index is 0.258. The van der Waals surface area contributed by atoms with Crippen molar-refractivity contribution in [3.63, 3.8) is 0 Å². The molecule has 36 valence electrons. The molecule has 0 fully saturated rings. The van der Waals surface area contributed by atoms with Crippen LogP contribution in [0.4, 0.5) is 0 Å². The normalized spacial score (nSPS) is 18.0. The van der Waals surface area contributed by atoms with Crippen molar-refractivity contribution in [1.82, 2.24) is 0 Å². The molecule has 0 N–H and O–H groups in total. The number of nitrogens with zero attached hydrogens (tertiary/aromatic N) is 2. The maximum absolute atomic E-state index is 10.1. The summed E-state index contributed by atoms with van der Waals surface area (Å²) in [5.41, 5.74) is 0. The van der Waals surface area contributed by atoms with E-state index in [2.05, 4.69) is 10.2 Å². The lowest BCUT2D eigenvalue weighted by molar-refractivity contribution is -0.114. The fourth-order valence-corrected chi connectivity index (χ4v) is 0.345. The van der Waals surface area contributed by atoms with Gasteiger partial charge in [-0.2, -0.15) is 5.11 Å². The van der Waals surface area contributed by atoms with Gasteiger partial charge >= 0.3 is 0 Å². The van der Waals surface area contributed by atoms with Crippen LogP contribution >= 0.6 is 0 Å². The number of carbonyl (C=O) groups excluding carboxylic acids is 1. The van der Waals surface area contributed by atoms with Crippen LogP contribution < -0.4 is 0 Å². The van der Waals surface area contributed by atoms with Gasteiger partial charge in [0, 0.05) is 6.08 Å². The molecule has 0 aromatic heterocycles. The Morgan fingerprint density at radius 3 is 2.86 bits per heavy atom. The van der Waals surface area contributed by atoms with Crippen molar-refractivity contribution < 1.29 is 4.79 Å². The van der Waals surface area contributed by atoms with Crippen molar-refractivity contribution in [3.8, 4) is 0 Å². The summed E-state index contributed by atoms with van der Waals surface area (Å²) in [5, 5.41) is 6.68. The molecule has 0 bridgehead atoms. The molecule has 1 rings (SSSR count). The zero-order chi connectivity index (χ0) is 5.11. The first-order chi connectivity index (χ1) is 3.39. The molecule has 7 heavy (non-hydrogen) atoms. The van der Waals surface area contributed by atoms with Gasteiger partial charge in [-0.25, -0.2) is 0 Å². The van der Waals surface area contributed by atoms with Gasteiger partial charge in [-0.1, -0.05) is 6.08 Å². The van der Waals surface area contributed by atoms with Crippen molar-refractivity contribution in [2.45, 2.75) is 0 Å². The van der Waals surface area contributed by atoms with Crippen molar-refractivity contribution in [1.29, 1.82) is 0 Å². The molecule has 0 saturated carbocycles. The van der Waals surface area contributed by atoms with Gasteiger partial charge in [0.05, 0.1) is 6.54 Å². The summed E-state index contributed by atoms with van der Waals surface area (Å²) in [6.07, 6.45) is 3.09. The Kier molecular flexibility index (Phi) is 0.978. The fraction of sp³-hybridized carbons (Fsp3) is 0.250. The van der Waals surface area contributed by atoms with E-state index < -0.39 is 0 Å². The first-order valence-electron chi connectivity index (χ1n) is 1.97. The van der Waals surface area contributed by atoms with Gasteiger partial charge in [0.2, 0.25) is 0 Å². The van der Waals surface area contributed by atoms with Crippen molar-refractivity contribution in [2.24, 2.45) is 10.2 Å². The van der Waals surface area contributed by atoms with Crippen LogP contribution in [0.3, 0.4) is 0 Å². The second-order valence-electron chi connectivity index (χ2n) is 1.16. The first kappa shape index (κ1) is 4.18. The zero-order valence-corrected chi connectivity index (χ0v) is 3.66. The summed E-state index contributed by atoms with van der Waals surface area (Å²) in [4.78, 5) is 10.1. The SMILES string of the molecule is O=C1C=CCN=N1. The largest absolute Gasteiger partial charge is 0.287 e. The van der Waals surface area contributed by atoms with E-state index in [4.69, 9.17) is 0 Å². The van der Waals surface area contributed by atoms with E-state index in [9.17, 15) is 4.79 Å². The highest BCUT2D eigenvalue weighted by atomic mass is 16.1. The highest BCUT2D eigenvalue weighted by Crippen LogP contribution is 1.88. The maximum Gasteiger partial charge on any atom is 0.287 e. The van der Waals surface area contributed by atoms with Gasteiger partial charge in [-0.05, 0) is 0 Å².